The highest BCUT2D eigenvalue weighted by atomic mass is 16.7. The molecule has 2 aliphatic rings. The predicted octanol–water partition coefficient (Wildman–Crippen LogP) is 4.91. The van der Waals surface area contributed by atoms with Gasteiger partial charge in [0.15, 0.2) is 0 Å². The number of carbonyl (C=O) groups is 4. The Kier molecular flexibility index (Phi) is 14.0. The fourth-order valence-electron chi connectivity index (χ4n) is 6.54. The summed E-state index contributed by atoms with van der Waals surface area (Å²) in [5.41, 5.74) is 2.10. The number of phenols is 1. The van der Waals surface area contributed by atoms with Gasteiger partial charge < -0.3 is 39.4 Å². The Labute approximate surface area is 321 Å². The molecule has 55 heavy (non-hydrogen) atoms. The molecule has 0 radical (unpaired) electrons. The van der Waals surface area contributed by atoms with Crippen molar-refractivity contribution in [2.45, 2.75) is 88.9 Å². The molecule has 1 fully saturated rings. The molecule has 1 aliphatic heterocycles. The van der Waals surface area contributed by atoms with Gasteiger partial charge in [0.1, 0.15) is 42.5 Å². The summed E-state index contributed by atoms with van der Waals surface area (Å²) < 4.78 is 23.0. The zero-order chi connectivity index (χ0) is 39.5. The average Bonchev–Trinajstić information content (AvgIpc) is 3.65. The summed E-state index contributed by atoms with van der Waals surface area (Å²) in [5, 5.41) is 23.0. The van der Waals surface area contributed by atoms with E-state index < -0.39 is 66.4 Å². The number of phenolic OH excluding ortho intramolecular Hbond substituents is 1. The van der Waals surface area contributed by atoms with Crippen molar-refractivity contribution in [3.63, 3.8) is 0 Å². The summed E-state index contributed by atoms with van der Waals surface area (Å²) in [6.07, 6.45) is 3.88. The highest BCUT2D eigenvalue weighted by molar-refractivity contribution is 5.98. The van der Waals surface area contributed by atoms with Gasteiger partial charge in [0.25, 0.3) is 0 Å². The molecule has 3 aromatic carbocycles. The average molecular weight is 755 g/mol. The van der Waals surface area contributed by atoms with Crippen LogP contribution >= 0.6 is 0 Å². The molecule has 1 aliphatic carbocycles. The molecule has 3 aromatic rings. The summed E-state index contributed by atoms with van der Waals surface area (Å²) in [7, 11) is 1.53. The molecule has 12 nitrogen and oxygen atoms in total. The molecule has 0 spiro atoms. The Balaban J connectivity index is 1.30. The number of aliphatic hydroxyl groups excluding tert-OH is 1. The first-order chi connectivity index (χ1) is 26.3. The van der Waals surface area contributed by atoms with Crippen molar-refractivity contribution >= 4 is 29.8 Å². The van der Waals surface area contributed by atoms with Crippen LogP contribution < -0.4 is 5.32 Å². The summed E-state index contributed by atoms with van der Waals surface area (Å²) >= 11 is 0. The monoisotopic (exact) mass is 754 g/mol. The largest absolute Gasteiger partial charge is 0.508 e. The molecule has 5 rings (SSSR count). The van der Waals surface area contributed by atoms with Crippen molar-refractivity contribution in [1.29, 1.82) is 0 Å². The van der Waals surface area contributed by atoms with Crippen LogP contribution in [0.1, 0.15) is 67.1 Å². The van der Waals surface area contributed by atoms with E-state index in [-0.39, 0.29) is 43.8 Å². The van der Waals surface area contributed by atoms with Crippen LogP contribution in [-0.2, 0) is 46.2 Å². The molecule has 0 bridgehead atoms. The van der Waals surface area contributed by atoms with Crippen LogP contribution in [0.25, 0.3) is 6.08 Å². The number of hydrogen-bond acceptors (Lipinski definition) is 10. The minimum Gasteiger partial charge on any atom is -0.508 e. The summed E-state index contributed by atoms with van der Waals surface area (Å²) in [4.78, 5) is 55.5. The number of aromatic hydroxyl groups is 1. The minimum atomic E-state index is -0.998. The molecule has 5 unspecified atom stereocenters. The third-order valence-corrected chi connectivity index (χ3v) is 9.38. The number of benzene rings is 3. The van der Waals surface area contributed by atoms with E-state index in [0.717, 1.165) is 11.1 Å². The number of ether oxygens (including phenoxy) is 4. The number of aliphatic hydroxyl groups is 1. The van der Waals surface area contributed by atoms with Gasteiger partial charge in [-0.1, -0.05) is 78.9 Å². The predicted molar refractivity (Wildman–Crippen MR) is 205 cm³/mol. The van der Waals surface area contributed by atoms with E-state index in [1.165, 1.54) is 11.9 Å². The second kappa shape index (κ2) is 18.8. The third kappa shape index (κ3) is 11.4. The number of carbonyl (C=O) groups excluding carboxylic acids is 4. The van der Waals surface area contributed by atoms with Crippen molar-refractivity contribution in [3.05, 3.63) is 119 Å². The van der Waals surface area contributed by atoms with Gasteiger partial charge >= 0.3 is 11.9 Å². The molecular formula is C43H50N2O10. The first kappa shape index (κ1) is 40.9. The molecule has 2 amide bonds. The lowest BCUT2D eigenvalue weighted by atomic mass is 9.90. The van der Waals surface area contributed by atoms with Crippen molar-refractivity contribution < 1.29 is 48.3 Å². The van der Waals surface area contributed by atoms with Gasteiger partial charge in [0.2, 0.25) is 11.8 Å². The van der Waals surface area contributed by atoms with E-state index >= 15 is 0 Å². The van der Waals surface area contributed by atoms with Crippen LogP contribution in [0.2, 0.25) is 0 Å². The van der Waals surface area contributed by atoms with Gasteiger partial charge in [-0.3, -0.25) is 14.4 Å². The Hall–Kier alpha value is -5.30. The molecule has 1 heterocycles. The van der Waals surface area contributed by atoms with E-state index in [9.17, 15) is 29.4 Å². The van der Waals surface area contributed by atoms with Gasteiger partial charge in [-0.25, -0.2) is 4.79 Å². The molecule has 3 N–H and O–H groups in total. The second-order valence-corrected chi connectivity index (χ2v) is 14.7. The fraction of sp³-hybridized carbons (Fsp3) is 0.395. The first-order valence-corrected chi connectivity index (χ1v) is 18.4. The van der Waals surface area contributed by atoms with Crippen molar-refractivity contribution in [2.75, 3.05) is 20.4 Å². The minimum absolute atomic E-state index is 0.0135. The fourth-order valence-corrected chi connectivity index (χ4v) is 6.54. The Morgan fingerprint density at radius 3 is 2.42 bits per heavy atom. The lowest BCUT2D eigenvalue weighted by Gasteiger charge is -2.34. The number of para-hydroxylation sites is 1. The van der Waals surface area contributed by atoms with E-state index in [1.54, 1.807) is 63.3 Å². The number of nitrogens with zero attached hydrogens (tertiary/aromatic N) is 1. The maximum Gasteiger partial charge on any atom is 0.339 e. The number of nitrogens with one attached hydrogen (secondary N) is 1. The highest BCUT2D eigenvalue weighted by Crippen LogP contribution is 2.32. The number of esters is 2. The third-order valence-electron chi connectivity index (χ3n) is 9.38. The van der Waals surface area contributed by atoms with Crippen LogP contribution in [-0.4, -0.2) is 95.3 Å². The quantitative estimate of drug-likeness (QED) is 0.182. The zero-order valence-corrected chi connectivity index (χ0v) is 31.7. The molecule has 12 heteroatoms. The summed E-state index contributed by atoms with van der Waals surface area (Å²) in [6.45, 7) is 4.82. The zero-order valence-electron chi connectivity index (χ0n) is 31.7. The molecule has 1 saturated heterocycles. The topological polar surface area (TPSA) is 161 Å². The van der Waals surface area contributed by atoms with Crippen LogP contribution in [0, 0.1) is 0 Å². The lowest BCUT2D eigenvalue weighted by molar-refractivity contribution is -0.155. The van der Waals surface area contributed by atoms with Crippen LogP contribution in [0.3, 0.4) is 0 Å². The van der Waals surface area contributed by atoms with E-state index in [0.29, 0.717) is 17.5 Å². The van der Waals surface area contributed by atoms with Crippen molar-refractivity contribution in [1.82, 2.24) is 10.2 Å². The van der Waals surface area contributed by atoms with E-state index in [4.69, 9.17) is 18.9 Å². The number of rotatable bonds is 15. The molecule has 5 atom stereocenters. The van der Waals surface area contributed by atoms with Crippen LogP contribution in [0.5, 0.6) is 5.75 Å². The lowest BCUT2D eigenvalue weighted by Crippen LogP contribution is -2.53. The maximum absolute atomic E-state index is 14.2. The smallest absolute Gasteiger partial charge is 0.339 e. The Morgan fingerprint density at radius 1 is 0.982 bits per heavy atom. The van der Waals surface area contributed by atoms with Gasteiger partial charge in [0, 0.05) is 31.9 Å². The number of likely N-dealkylation sites (N-methyl/N-ethyl adjacent to an activating group) is 1. The van der Waals surface area contributed by atoms with Gasteiger partial charge in [0.05, 0.1) is 18.2 Å². The molecule has 292 valence electrons. The van der Waals surface area contributed by atoms with Crippen molar-refractivity contribution in [2.24, 2.45) is 0 Å². The number of hydrogen-bond donors (Lipinski definition) is 3. The SMILES string of the molecule is CN(C(=O)C1=CC2OCOC2C(OC(=O)c2ccccc2C=CCc2ccccc2O)C1)C(Cc1ccccc1)C(=O)NC(CO)CCC(=O)OC(C)(C)C. The highest BCUT2D eigenvalue weighted by Gasteiger charge is 2.44. The number of amides is 2. The van der Waals surface area contributed by atoms with Crippen molar-refractivity contribution in [3.8, 4) is 5.75 Å². The van der Waals surface area contributed by atoms with E-state index in [1.807, 2.05) is 54.6 Å². The van der Waals surface area contributed by atoms with Gasteiger partial charge in [-0.15, -0.1) is 0 Å². The van der Waals surface area contributed by atoms with Gasteiger partial charge in [-0.05, 0) is 68.5 Å². The maximum atomic E-state index is 14.2. The van der Waals surface area contributed by atoms with E-state index in [2.05, 4.69) is 5.32 Å². The normalized spacial score (nSPS) is 19.1. The van der Waals surface area contributed by atoms with Crippen LogP contribution in [0.4, 0.5) is 0 Å². The summed E-state index contributed by atoms with van der Waals surface area (Å²) in [6, 6.07) is 21.5. The number of fused-ring (bicyclic) bond motifs is 1. The van der Waals surface area contributed by atoms with Crippen LogP contribution in [0.15, 0.2) is 96.6 Å². The summed E-state index contributed by atoms with van der Waals surface area (Å²) in [5.74, 6) is -1.84. The van der Waals surface area contributed by atoms with Gasteiger partial charge in [-0.2, -0.15) is 0 Å². The number of allylic oxidation sites excluding steroid dienone is 1. The second-order valence-electron chi connectivity index (χ2n) is 14.7. The Morgan fingerprint density at radius 2 is 1.69 bits per heavy atom. The molecular weight excluding hydrogens is 704 g/mol. The first-order valence-electron chi connectivity index (χ1n) is 18.4. The Bertz CT molecular complexity index is 1870. The molecule has 0 aromatic heterocycles. The molecule has 0 saturated carbocycles. The standard InChI is InChI=1S/C43H50N2O10/c1-43(2,3)55-38(48)22-21-32(26-46)44-40(49)34(23-28-13-6-5-7-14-28)45(4)41(50)31-24-36-39(53-27-52-36)37(25-31)54-42(51)33-19-10-8-15-29(33)17-12-18-30-16-9-11-20-35(30)47/h5-17,19-20,24,32,34,36-37,39,46-47H,18,21-23,25-27H2,1-4H3,(H,44,49).